The Labute approximate surface area is 134 Å². The summed E-state index contributed by atoms with van der Waals surface area (Å²) in [5, 5.41) is 2.96. The second-order valence-electron chi connectivity index (χ2n) is 5.41. The highest BCUT2D eigenvalue weighted by Gasteiger charge is 2.24. The van der Waals surface area contributed by atoms with Gasteiger partial charge in [0.25, 0.3) is 0 Å². The smallest absolute Gasteiger partial charge is 0.240 e. The van der Waals surface area contributed by atoms with Gasteiger partial charge in [-0.25, -0.2) is 18.1 Å². The summed E-state index contributed by atoms with van der Waals surface area (Å²) in [7, 11) is -3.41. The lowest BCUT2D eigenvalue weighted by atomic mass is 10.3. The van der Waals surface area contributed by atoms with E-state index in [-0.39, 0.29) is 4.90 Å². The highest BCUT2D eigenvalue weighted by molar-refractivity contribution is 7.89. The monoisotopic (exact) mass is 338 g/mol. The van der Waals surface area contributed by atoms with Gasteiger partial charge in [0.05, 0.1) is 15.6 Å². The minimum atomic E-state index is -3.41. The minimum absolute atomic E-state index is 0.269. The number of nitrogens with zero attached hydrogens (tertiary/aromatic N) is 1. The lowest BCUT2D eigenvalue weighted by molar-refractivity contribution is 0.302. The fourth-order valence-electron chi connectivity index (χ4n) is 1.98. The number of rotatable bonds is 7. The SMILES string of the molecule is Cc1nc(COc2ccc(S(=O)(=O)NCC3CC3)cc2)cs1. The van der Waals surface area contributed by atoms with E-state index in [1.54, 1.807) is 35.6 Å². The zero-order valence-electron chi connectivity index (χ0n) is 12.3. The molecule has 1 N–H and O–H groups in total. The molecule has 2 aromatic rings. The van der Waals surface area contributed by atoms with E-state index >= 15 is 0 Å². The molecular formula is C15H18N2O3S2. The van der Waals surface area contributed by atoms with Crippen LogP contribution in [0.25, 0.3) is 0 Å². The van der Waals surface area contributed by atoms with Crippen LogP contribution in [0.2, 0.25) is 0 Å². The van der Waals surface area contributed by atoms with Crippen molar-refractivity contribution in [2.24, 2.45) is 5.92 Å². The van der Waals surface area contributed by atoms with Gasteiger partial charge in [-0.05, 0) is 49.9 Å². The van der Waals surface area contributed by atoms with E-state index < -0.39 is 10.0 Å². The van der Waals surface area contributed by atoms with Crippen molar-refractivity contribution >= 4 is 21.4 Å². The van der Waals surface area contributed by atoms with E-state index in [1.807, 2.05) is 12.3 Å². The van der Waals surface area contributed by atoms with Crippen LogP contribution in [0.5, 0.6) is 5.75 Å². The molecule has 22 heavy (non-hydrogen) atoms. The van der Waals surface area contributed by atoms with Gasteiger partial charge in [-0.1, -0.05) is 0 Å². The van der Waals surface area contributed by atoms with Gasteiger partial charge >= 0.3 is 0 Å². The van der Waals surface area contributed by atoms with Crippen molar-refractivity contribution < 1.29 is 13.2 Å². The third-order valence-electron chi connectivity index (χ3n) is 3.45. The van der Waals surface area contributed by atoms with E-state index in [0.29, 0.717) is 24.8 Å². The first-order chi connectivity index (χ1) is 10.5. The molecule has 1 saturated carbocycles. The Morgan fingerprint density at radius 3 is 2.64 bits per heavy atom. The predicted octanol–water partition coefficient (Wildman–Crippen LogP) is 2.72. The Kier molecular flexibility index (Phi) is 4.46. The van der Waals surface area contributed by atoms with Gasteiger partial charge in [0.15, 0.2) is 0 Å². The van der Waals surface area contributed by atoms with Gasteiger partial charge in [0.1, 0.15) is 12.4 Å². The summed E-state index contributed by atoms with van der Waals surface area (Å²) in [5.74, 6) is 1.14. The van der Waals surface area contributed by atoms with Crippen LogP contribution in [0, 0.1) is 12.8 Å². The first-order valence-corrected chi connectivity index (χ1v) is 9.53. The van der Waals surface area contributed by atoms with E-state index in [1.165, 1.54) is 0 Å². The number of hydrogen-bond donors (Lipinski definition) is 1. The van der Waals surface area contributed by atoms with Crippen LogP contribution < -0.4 is 9.46 Å². The molecule has 0 atom stereocenters. The van der Waals surface area contributed by atoms with Gasteiger partial charge in [-0.2, -0.15) is 0 Å². The molecule has 0 saturated heterocycles. The van der Waals surface area contributed by atoms with Crippen molar-refractivity contribution in [3.8, 4) is 5.75 Å². The summed E-state index contributed by atoms with van der Waals surface area (Å²) in [5.41, 5.74) is 0.880. The van der Waals surface area contributed by atoms with E-state index in [2.05, 4.69) is 9.71 Å². The number of aromatic nitrogens is 1. The summed E-state index contributed by atoms with van der Waals surface area (Å²) < 4.78 is 32.4. The Balaban J connectivity index is 1.59. The molecule has 1 aliphatic carbocycles. The van der Waals surface area contributed by atoms with Gasteiger partial charge in [0, 0.05) is 11.9 Å². The van der Waals surface area contributed by atoms with Crippen LogP contribution >= 0.6 is 11.3 Å². The molecule has 1 aromatic carbocycles. The molecular weight excluding hydrogens is 320 g/mol. The molecule has 1 aromatic heterocycles. The molecule has 0 spiro atoms. The average molecular weight is 338 g/mol. The zero-order chi connectivity index (χ0) is 15.6. The van der Waals surface area contributed by atoms with Gasteiger partial charge in [-0.15, -0.1) is 11.3 Å². The third-order valence-corrected chi connectivity index (χ3v) is 5.71. The van der Waals surface area contributed by atoms with Crippen LogP contribution in [0.4, 0.5) is 0 Å². The van der Waals surface area contributed by atoms with E-state index in [4.69, 9.17) is 4.74 Å². The Morgan fingerprint density at radius 2 is 2.05 bits per heavy atom. The molecule has 0 bridgehead atoms. The number of sulfonamides is 1. The highest BCUT2D eigenvalue weighted by atomic mass is 32.2. The van der Waals surface area contributed by atoms with Crippen molar-refractivity contribution in [1.82, 2.24) is 9.71 Å². The maximum absolute atomic E-state index is 12.1. The molecule has 0 radical (unpaired) electrons. The van der Waals surface area contributed by atoms with Crippen LogP contribution in [-0.4, -0.2) is 19.9 Å². The maximum Gasteiger partial charge on any atom is 0.240 e. The standard InChI is InChI=1S/C15H18N2O3S2/c1-11-17-13(10-21-11)9-20-14-4-6-15(7-5-14)22(18,19)16-8-12-2-3-12/h4-7,10,12,16H,2-3,8-9H2,1H3. The topological polar surface area (TPSA) is 68.3 Å². The molecule has 5 nitrogen and oxygen atoms in total. The van der Waals surface area contributed by atoms with Crippen molar-refractivity contribution in [2.75, 3.05) is 6.54 Å². The normalized spacial score (nSPS) is 15.0. The van der Waals surface area contributed by atoms with Crippen LogP contribution in [0.3, 0.4) is 0 Å². The number of aryl methyl sites for hydroxylation is 1. The molecule has 1 aliphatic rings. The Hall–Kier alpha value is -1.44. The molecule has 1 heterocycles. The van der Waals surface area contributed by atoms with Crippen LogP contribution in [0.1, 0.15) is 23.5 Å². The molecule has 7 heteroatoms. The number of benzene rings is 1. The quantitative estimate of drug-likeness (QED) is 0.843. The predicted molar refractivity (Wildman–Crippen MR) is 85.5 cm³/mol. The summed E-state index contributed by atoms with van der Waals surface area (Å²) in [6.45, 7) is 2.86. The molecule has 3 rings (SSSR count). The minimum Gasteiger partial charge on any atom is -0.487 e. The van der Waals surface area contributed by atoms with Crippen molar-refractivity contribution in [2.45, 2.75) is 31.3 Å². The summed E-state index contributed by atoms with van der Waals surface area (Å²) >= 11 is 1.58. The second-order valence-corrected chi connectivity index (χ2v) is 8.24. The summed E-state index contributed by atoms with van der Waals surface area (Å²) in [4.78, 5) is 4.59. The number of ether oxygens (including phenoxy) is 1. The van der Waals surface area contributed by atoms with E-state index in [0.717, 1.165) is 23.5 Å². The molecule has 1 fully saturated rings. The maximum atomic E-state index is 12.1. The molecule has 0 amide bonds. The second kappa shape index (κ2) is 6.36. The third kappa shape index (κ3) is 4.06. The average Bonchev–Trinajstić information content (AvgIpc) is 3.25. The summed E-state index contributed by atoms with van der Waals surface area (Å²) in [6, 6.07) is 6.48. The number of thiazole rings is 1. The van der Waals surface area contributed by atoms with Crippen molar-refractivity contribution in [3.63, 3.8) is 0 Å². The first-order valence-electron chi connectivity index (χ1n) is 7.16. The Morgan fingerprint density at radius 1 is 1.32 bits per heavy atom. The zero-order valence-corrected chi connectivity index (χ0v) is 13.9. The van der Waals surface area contributed by atoms with Crippen molar-refractivity contribution in [3.05, 3.63) is 40.3 Å². The lowest BCUT2D eigenvalue weighted by Crippen LogP contribution is -2.25. The fourth-order valence-corrected chi connectivity index (χ4v) is 3.69. The molecule has 0 unspecified atom stereocenters. The number of hydrogen-bond acceptors (Lipinski definition) is 5. The van der Waals surface area contributed by atoms with Gasteiger partial charge in [0.2, 0.25) is 10.0 Å². The van der Waals surface area contributed by atoms with Gasteiger partial charge < -0.3 is 4.74 Å². The largest absolute Gasteiger partial charge is 0.487 e. The first kappa shape index (κ1) is 15.5. The molecule has 118 valence electrons. The number of nitrogens with one attached hydrogen (secondary N) is 1. The lowest BCUT2D eigenvalue weighted by Gasteiger charge is -2.08. The Bertz CT molecular complexity index is 734. The van der Waals surface area contributed by atoms with Crippen LogP contribution in [-0.2, 0) is 16.6 Å². The van der Waals surface area contributed by atoms with E-state index in [9.17, 15) is 8.42 Å². The van der Waals surface area contributed by atoms with Crippen molar-refractivity contribution in [1.29, 1.82) is 0 Å². The molecule has 0 aliphatic heterocycles. The van der Waals surface area contributed by atoms with Gasteiger partial charge in [-0.3, -0.25) is 0 Å². The highest BCUT2D eigenvalue weighted by Crippen LogP contribution is 2.28. The van der Waals surface area contributed by atoms with Crippen LogP contribution in [0.15, 0.2) is 34.5 Å². The summed E-state index contributed by atoms with van der Waals surface area (Å²) in [6.07, 6.45) is 2.23. The fraction of sp³-hybridized carbons (Fsp3) is 0.400.